The van der Waals surface area contributed by atoms with Gasteiger partial charge in [0.1, 0.15) is 11.5 Å². The summed E-state index contributed by atoms with van der Waals surface area (Å²) < 4.78 is 0. The van der Waals surface area contributed by atoms with E-state index in [1.165, 1.54) is 11.1 Å². The van der Waals surface area contributed by atoms with Gasteiger partial charge in [-0.25, -0.2) is 4.98 Å². The quantitative estimate of drug-likeness (QED) is 0.798. The molecule has 0 bridgehead atoms. The summed E-state index contributed by atoms with van der Waals surface area (Å²) in [6.45, 7) is 4.62. The first-order valence-electron chi connectivity index (χ1n) is 7.59. The van der Waals surface area contributed by atoms with E-state index in [2.05, 4.69) is 16.9 Å². The number of hydrogen-bond donors (Lipinski definition) is 0. The predicted molar refractivity (Wildman–Crippen MR) is 83.8 cm³/mol. The molecule has 2 rings (SSSR count). The van der Waals surface area contributed by atoms with Crippen molar-refractivity contribution < 1.29 is 9.59 Å². The number of carbonyl (C=O) groups is 2. The second-order valence-electron chi connectivity index (χ2n) is 5.62. The van der Waals surface area contributed by atoms with Crippen molar-refractivity contribution in [2.24, 2.45) is 0 Å². The number of carbonyl (C=O) groups excluding carboxylic acids is 2. The molecule has 0 N–H and O–H groups in total. The van der Waals surface area contributed by atoms with Crippen molar-refractivity contribution in [2.45, 2.75) is 19.8 Å². The van der Waals surface area contributed by atoms with Gasteiger partial charge in [0.05, 0.1) is 18.9 Å². The summed E-state index contributed by atoms with van der Waals surface area (Å²) in [5, 5.41) is 0. The number of rotatable bonds is 5. The van der Waals surface area contributed by atoms with Gasteiger partial charge in [-0.3, -0.25) is 14.6 Å². The summed E-state index contributed by atoms with van der Waals surface area (Å²) in [4.78, 5) is 37.8. The lowest BCUT2D eigenvalue weighted by Gasteiger charge is -2.34. The summed E-state index contributed by atoms with van der Waals surface area (Å²) in [5.41, 5.74) is 0.295. The van der Waals surface area contributed by atoms with Crippen molar-refractivity contribution in [3.8, 4) is 0 Å². The maximum atomic E-state index is 12.2. The number of hydrogen-bond acceptors (Lipinski definition) is 5. The fourth-order valence-electron chi connectivity index (χ4n) is 2.33. The highest BCUT2D eigenvalue weighted by Gasteiger charge is 2.25. The van der Waals surface area contributed by atoms with Crippen LogP contribution in [-0.2, 0) is 4.79 Å². The summed E-state index contributed by atoms with van der Waals surface area (Å²) in [5.74, 6) is 0.490. The Morgan fingerprint density at radius 2 is 2.09 bits per heavy atom. The highest BCUT2D eigenvalue weighted by molar-refractivity contribution is 5.92. The molecule has 2 amide bonds. The Bertz CT molecular complexity index is 546. The van der Waals surface area contributed by atoms with Gasteiger partial charge in [-0.2, -0.15) is 0 Å². The average Bonchev–Trinajstić information content (AvgIpc) is 2.53. The minimum Gasteiger partial charge on any atom is -0.344 e. The van der Waals surface area contributed by atoms with E-state index >= 15 is 0 Å². The fourth-order valence-corrected chi connectivity index (χ4v) is 2.33. The van der Waals surface area contributed by atoms with Gasteiger partial charge in [0, 0.05) is 33.7 Å². The second-order valence-corrected chi connectivity index (χ2v) is 5.62. The molecule has 7 heteroatoms. The van der Waals surface area contributed by atoms with Gasteiger partial charge in [0.2, 0.25) is 5.91 Å². The highest BCUT2D eigenvalue weighted by Crippen LogP contribution is 2.14. The number of unbranched alkanes of at least 4 members (excludes halogenated alkanes) is 1. The Hall–Kier alpha value is -2.18. The Morgan fingerprint density at radius 1 is 1.32 bits per heavy atom. The normalized spacial score (nSPS) is 15.1. The first kappa shape index (κ1) is 16.2. The van der Waals surface area contributed by atoms with E-state index in [4.69, 9.17) is 0 Å². The van der Waals surface area contributed by atoms with Crippen LogP contribution in [0.1, 0.15) is 30.3 Å². The molecule has 22 heavy (non-hydrogen) atoms. The van der Waals surface area contributed by atoms with Crippen molar-refractivity contribution in [3.05, 3.63) is 18.1 Å². The largest absolute Gasteiger partial charge is 0.344 e. The first-order chi connectivity index (χ1) is 10.5. The molecule has 1 aliphatic heterocycles. The standard InChI is InChI=1S/C15H23N5O2/c1-4-5-6-19-7-8-20(11-14(19)21)13-10-16-9-12(17-13)15(22)18(2)3/h9-10H,4-8,11H2,1-3H3. The fraction of sp³-hybridized carbons (Fsp3) is 0.600. The summed E-state index contributed by atoms with van der Waals surface area (Å²) in [6, 6.07) is 0. The average molecular weight is 305 g/mol. The smallest absolute Gasteiger partial charge is 0.273 e. The van der Waals surface area contributed by atoms with Gasteiger partial charge >= 0.3 is 0 Å². The zero-order valence-corrected chi connectivity index (χ0v) is 13.4. The summed E-state index contributed by atoms with van der Waals surface area (Å²) in [6.07, 6.45) is 5.15. The molecule has 1 aromatic heterocycles. The lowest BCUT2D eigenvalue weighted by atomic mass is 10.2. The molecule has 7 nitrogen and oxygen atoms in total. The van der Waals surface area contributed by atoms with Crippen LogP contribution >= 0.6 is 0 Å². The molecule has 2 heterocycles. The van der Waals surface area contributed by atoms with E-state index in [1.54, 1.807) is 20.3 Å². The summed E-state index contributed by atoms with van der Waals surface area (Å²) in [7, 11) is 3.35. The number of aromatic nitrogens is 2. The van der Waals surface area contributed by atoms with Crippen molar-refractivity contribution in [1.82, 2.24) is 19.8 Å². The van der Waals surface area contributed by atoms with E-state index in [0.717, 1.165) is 19.4 Å². The lowest BCUT2D eigenvalue weighted by molar-refractivity contribution is -0.131. The van der Waals surface area contributed by atoms with Crippen LogP contribution in [0.2, 0.25) is 0 Å². The van der Waals surface area contributed by atoms with Crippen molar-refractivity contribution in [1.29, 1.82) is 0 Å². The third-order valence-electron chi connectivity index (χ3n) is 3.67. The monoisotopic (exact) mass is 305 g/mol. The van der Waals surface area contributed by atoms with Crippen LogP contribution in [0.5, 0.6) is 0 Å². The van der Waals surface area contributed by atoms with E-state index in [1.807, 2.05) is 9.80 Å². The first-order valence-corrected chi connectivity index (χ1v) is 7.59. The molecule has 0 saturated carbocycles. The highest BCUT2D eigenvalue weighted by atomic mass is 16.2. The molecule has 0 atom stereocenters. The number of amides is 2. The van der Waals surface area contributed by atoms with Crippen molar-refractivity contribution in [3.63, 3.8) is 0 Å². The maximum absolute atomic E-state index is 12.2. The van der Waals surface area contributed by atoms with Crippen molar-refractivity contribution >= 4 is 17.6 Å². The SMILES string of the molecule is CCCCN1CCN(c2cncc(C(=O)N(C)C)n2)CC1=O. The van der Waals surface area contributed by atoms with Crippen LogP contribution in [0.15, 0.2) is 12.4 Å². The topological polar surface area (TPSA) is 69.6 Å². The molecule has 0 unspecified atom stereocenters. The minimum absolute atomic E-state index is 0.103. The zero-order chi connectivity index (χ0) is 16.1. The van der Waals surface area contributed by atoms with Crippen LogP contribution in [0.4, 0.5) is 5.82 Å². The van der Waals surface area contributed by atoms with Crippen LogP contribution < -0.4 is 4.90 Å². The predicted octanol–water partition coefficient (Wildman–Crippen LogP) is 0.627. The molecule has 1 aliphatic rings. The molecule has 1 aromatic rings. The molecular weight excluding hydrogens is 282 g/mol. The Balaban J connectivity index is 2.06. The van der Waals surface area contributed by atoms with Gasteiger partial charge in [-0.1, -0.05) is 13.3 Å². The van der Waals surface area contributed by atoms with Crippen LogP contribution in [-0.4, -0.2) is 71.9 Å². The molecule has 0 radical (unpaired) electrons. The number of anilines is 1. The van der Waals surface area contributed by atoms with E-state index in [-0.39, 0.29) is 18.4 Å². The summed E-state index contributed by atoms with van der Waals surface area (Å²) >= 11 is 0. The van der Waals surface area contributed by atoms with Crippen molar-refractivity contribution in [2.75, 3.05) is 45.2 Å². The third kappa shape index (κ3) is 3.72. The zero-order valence-electron chi connectivity index (χ0n) is 13.4. The Kier molecular flexibility index (Phi) is 5.30. The molecular formula is C15H23N5O2. The molecule has 1 fully saturated rings. The minimum atomic E-state index is -0.192. The Labute approximate surface area is 130 Å². The van der Waals surface area contributed by atoms with Gasteiger partial charge in [0.25, 0.3) is 5.91 Å². The van der Waals surface area contributed by atoms with E-state index in [0.29, 0.717) is 24.6 Å². The van der Waals surface area contributed by atoms with E-state index < -0.39 is 0 Å². The molecule has 0 spiro atoms. The molecule has 0 aromatic carbocycles. The maximum Gasteiger partial charge on any atom is 0.273 e. The van der Waals surface area contributed by atoms with Gasteiger partial charge in [0.15, 0.2) is 0 Å². The lowest BCUT2D eigenvalue weighted by Crippen LogP contribution is -2.51. The van der Waals surface area contributed by atoms with Crippen LogP contribution in [0.25, 0.3) is 0 Å². The van der Waals surface area contributed by atoms with Crippen LogP contribution in [0, 0.1) is 0 Å². The van der Waals surface area contributed by atoms with Gasteiger partial charge < -0.3 is 14.7 Å². The molecule has 0 aliphatic carbocycles. The molecule has 1 saturated heterocycles. The third-order valence-corrected chi connectivity index (χ3v) is 3.67. The Morgan fingerprint density at radius 3 is 2.73 bits per heavy atom. The number of nitrogens with zero attached hydrogens (tertiary/aromatic N) is 5. The van der Waals surface area contributed by atoms with Gasteiger partial charge in [-0.05, 0) is 6.42 Å². The second kappa shape index (κ2) is 7.20. The van der Waals surface area contributed by atoms with E-state index in [9.17, 15) is 9.59 Å². The number of piperazine rings is 1. The van der Waals surface area contributed by atoms with Crippen LogP contribution in [0.3, 0.4) is 0 Å². The molecule has 120 valence electrons. The van der Waals surface area contributed by atoms with Gasteiger partial charge in [-0.15, -0.1) is 0 Å².